The fourth-order valence-electron chi connectivity index (χ4n) is 2.05. The summed E-state index contributed by atoms with van der Waals surface area (Å²) in [4.78, 5) is 43.3. The van der Waals surface area contributed by atoms with Gasteiger partial charge in [0, 0.05) is 18.0 Å². The van der Waals surface area contributed by atoms with Crippen molar-refractivity contribution in [2.45, 2.75) is 19.8 Å². The summed E-state index contributed by atoms with van der Waals surface area (Å²) in [5.74, 6) is -1.04. The van der Waals surface area contributed by atoms with Gasteiger partial charge in [-0.1, -0.05) is 13.0 Å². The minimum Gasteiger partial charge on any atom is -0.398 e. The van der Waals surface area contributed by atoms with Crippen LogP contribution in [0.4, 0.5) is 5.69 Å². The van der Waals surface area contributed by atoms with E-state index >= 15 is 0 Å². The van der Waals surface area contributed by atoms with Crippen LogP contribution in [0.15, 0.2) is 18.2 Å². The first-order valence-corrected chi connectivity index (χ1v) is 6.48. The number of piperidine rings is 1. The van der Waals surface area contributed by atoms with Gasteiger partial charge in [-0.3, -0.25) is 29.8 Å². The molecule has 0 spiro atoms. The molecule has 110 valence electrons. The number of imide groups is 2. The van der Waals surface area contributed by atoms with Crippen molar-refractivity contribution >= 4 is 29.3 Å². The minimum absolute atomic E-state index is 0.0164. The fraction of sp³-hybridized carbons (Fsp3) is 0.286. The molecule has 0 aliphatic carbocycles. The lowest BCUT2D eigenvalue weighted by atomic mass is 10.0. The third-order valence-corrected chi connectivity index (χ3v) is 3.31. The van der Waals surface area contributed by atoms with E-state index in [1.54, 1.807) is 18.2 Å². The predicted octanol–water partition coefficient (Wildman–Crippen LogP) is 0.211. The monoisotopic (exact) mass is 289 g/mol. The number of nitrogens with one attached hydrogen (secondary N) is 2. The summed E-state index contributed by atoms with van der Waals surface area (Å²) in [6.07, 6.45) is 1.19. The van der Waals surface area contributed by atoms with Crippen LogP contribution in [0.2, 0.25) is 0 Å². The van der Waals surface area contributed by atoms with E-state index in [-0.39, 0.29) is 23.6 Å². The van der Waals surface area contributed by atoms with Crippen LogP contribution < -0.4 is 16.4 Å². The normalized spacial score (nSPS) is 20.1. The number of rotatable bonds is 0. The predicted molar refractivity (Wildman–Crippen MR) is 74.2 cm³/mol. The van der Waals surface area contributed by atoms with Crippen molar-refractivity contribution in [2.24, 2.45) is 5.92 Å². The molecule has 7 nitrogen and oxygen atoms in total. The molecular weight excluding hydrogens is 274 g/mol. The second-order valence-corrected chi connectivity index (χ2v) is 4.91. The highest BCUT2D eigenvalue weighted by Crippen LogP contribution is 2.21. The molecule has 0 aromatic heterocycles. The minimum atomic E-state index is -0.409. The summed E-state index contributed by atoms with van der Waals surface area (Å²) < 4.78 is 0. The average Bonchev–Trinajstić information content (AvgIpc) is 2.72. The van der Waals surface area contributed by atoms with Crippen molar-refractivity contribution in [3.8, 4) is 0 Å². The summed E-state index contributed by atoms with van der Waals surface area (Å²) in [7, 11) is 0. The molecule has 4 N–H and O–H groups in total. The number of anilines is 1. The zero-order valence-corrected chi connectivity index (χ0v) is 11.4. The maximum Gasteiger partial charge on any atom is 0.261 e. The first-order valence-electron chi connectivity index (χ1n) is 6.48. The van der Waals surface area contributed by atoms with Gasteiger partial charge in [-0.25, -0.2) is 0 Å². The highest BCUT2D eigenvalue weighted by atomic mass is 16.2. The summed E-state index contributed by atoms with van der Waals surface area (Å²) in [6.45, 7) is 1.82. The van der Waals surface area contributed by atoms with Gasteiger partial charge in [0.15, 0.2) is 0 Å². The van der Waals surface area contributed by atoms with Crippen molar-refractivity contribution in [1.29, 1.82) is 0 Å². The lowest BCUT2D eigenvalue weighted by Gasteiger charge is -2.15. The van der Waals surface area contributed by atoms with E-state index in [1.807, 2.05) is 6.92 Å². The number of benzene rings is 1. The van der Waals surface area contributed by atoms with Crippen LogP contribution in [0.25, 0.3) is 0 Å². The number of hydrogen-bond donors (Lipinski definition) is 3. The van der Waals surface area contributed by atoms with Crippen molar-refractivity contribution in [3.63, 3.8) is 0 Å². The van der Waals surface area contributed by atoms with Crippen LogP contribution in [0.3, 0.4) is 0 Å². The molecule has 1 unspecified atom stereocenters. The second kappa shape index (κ2) is 5.74. The molecule has 1 aromatic rings. The Morgan fingerprint density at radius 2 is 1.81 bits per heavy atom. The Bertz CT molecular complexity index is 639. The van der Waals surface area contributed by atoms with E-state index in [0.717, 1.165) is 0 Å². The van der Waals surface area contributed by atoms with Gasteiger partial charge in [0.05, 0.1) is 11.1 Å². The van der Waals surface area contributed by atoms with Crippen LogP contribution in [0.5, 0.6) is 0 Å². The van der Waals surface area contributed by atoms with Crippen LogP contribution in [0, 0.1) is 5.92 Å². The first-order chi connectivity index (χ1) is 9.90. The number of nitrogens with two attached hydrogens (primary N) is 1. The van der Waals surface area contributed by atoms with Gasteiger partial charge >= 0.3 is 0 Å². The topological polar surface area (TPSA) is 118 Å². The molecule has 1 saturated heterocycles. The Labute approximate surface area is 120 Å². The Morgan fingerprint density at radius 3 is 2.38 bits per heavy atom. The lowest BCUT2D eigenvalue weighted by molar-refractivity contribution is -0.135. The van der Waals surface area contributed by atoms with Gasteiger partial charge in [0.2, 0.25) is 11.8 Å². The molecule has 2 aliphatic rings. The van der Waals surface area contributed by atoms with Crippen LogP contribution >= 0.6 is 0 Å². The first kappa shape index (κ1) is 14.7. The molecular formula is C14H15N3O4. The van der Waals surface area contributed by atoms with Gasteiger partial charge in [-0.05, 0) is 18.6 Å². The quantitative estimate of drug-likeness (QED) is 0.466. The molecule has 7 heteroatoms. The summed E-state index contributed by atoms with van der Waals surface area (Å²) >= 11 is 0. The highest BCUT2D eigenvalue weighted by Gasteiger charge is 2.28. The number of fused-ring (bicyclic) bond motifs is 1. The fourth-order valence-corrected chi connectivity index (χ4v) is 2.05. The molecule has 1 fully saturated rings. The zero-order chi connectivity index (χ0) is 15.6. The van der Waals surface area contributed by atoms with E-state index < -0.39 is 5.91 Å². The maximum absolute atomic E-state index is 11.1. The van der Waals surface area contributed by atoms with E-state index in [9.17, 15) is 19.2 Å². The Morgan fingerprint density at radius 1 is 1.10 bits per heavy atom. The summed E-state index contributed by atoms with van der Waals surface area (Å²) in [5, 5.41) is 4.42. The van der Waals surface area contributed by atoms with Crippen molar-refractivity contribution in [3.05, 3.63) is 29.3 Å². The third-order valence-electron chi connectivity index (χ3n) is 3.31. The number of amides is 4. The number of carbonyl (C=O) groups excluding carboxylic acids is 4. The average molecular weight is 289 g/mol. The Balaban J connectivity index is 0.000000161. The van der Waals surface area contributed by atoms with E-state index in [0.29, 0.717) is 29.7 Å². The number of carbonyl (C=O) groups is 4. The van der Waals surface area contributed by atoms with E-state index in [1.165, 1.54) is 0 Å². The van der Waals surface area contributed by atoms with Crippen LogP contribution in [0.1, 0.15) is 40.5 Å². The molecule has 1 aromatic carbocycles. The van der Waals surface area contributed by atoms with E-state index in [4.69, 9.17) is 5.73 Å². The molecule has 2 heterocycles. The van der Waals surface area contributed by atoms with Gasteiger partial charge < -0.3 is 5.73 Å². The van der Waals surface area contributed by atoms with Crippen molar-refractivity contribution in [2.75, 3.05) is 5.73 Å². The summed E-state index contributed by atoms with van der Waals surface area (Å²) in [6, 6.07) is 4.81. The molecule has 3 rings (SSSR count). The van der Waals surface area contributed by atoms with Gasteiger partial charge in [0.25, 0.3) is 11.8 Å². The van der Waals surface area contributed by atoms with Gasteiger partial charge in [0.1, 0.15) is 0 Å². The van der Waals surface area contributed by atoms with Crippen molar-refractivity contribution < 1.29 is 19.2 Å². The Kier molecular flexibility index (Phi) is 4.02. The lowest BCUT2D eigenvalue weighted by Crippen LogP contribution is -2.39. The molecule has 0 saturated carbocycles. The molecule has 1 atom stereocenters. The largest absolute Gasteiger partial charge is 0.398 e. The maximum atomic E-state index is 11.1. The van der Waals surface area contributed by atoms with Gasteiger partial charge in [-0.2, -0.15) is 0 Å². The van der Waals surface area contributed by atoms with Crippen LogP contribution in [-0.2, 0) is 9.59 Å². The van der Waals surface area contributed by atoms with E-state index in [2.05, 4.69) is 10.6 Å². The zero-order valence-electron chi connectivity index (χ0n) is 11.4. The molecule has 21 heavy (non-hydrogen) atoms. The number of nitrogen functional groups attached to an aromatic ring is 1. The highest BCUT2D eigenvalue weighted by molar-refractivity contribution is 6.23. The van der Waals surface area contributed by atoms with Crippen molar-refractivity contribution in [1.82, 2.24) is 10.6 Å². The van der Waals surface area contributed by atoms with Gasteiger partial charge in [-0.15, -0.1) is 0 Å². The van der Waals surface area contributed by atoms with Crippen LogP contribution in [-0.4, -0.2) is 23.6 Å². The molecule has 2 aliphatic heterocycles. The Hall–Kier alpha value is -2.70. The molecule has 0 radical (unpaired) electrons. The molecule has 4 amide bonds. The standard InChI is InChI=1S/C8H6N2O2.C6H9NO2/c9-5-3-1-2-4-6(5)8(12)10-7(4)11;1-4-2-3-5(8)7-6(4)9/h1-3H,9H2,(H,10,11,12);4H,2-3H2,1H3,(H,7,8,9). The third kappa shape index (κ3) is 3.07. The second-order valence-electron chi connectivity index (χ2n) is 4.91. The SMILES string of the molecule is CC1CCC(=O)NC1=O.Nc1cccc2c1C(=O)NC2=O. The smallest absolute Gasteiger partial charge is 0.261 e. The molecule has 0 bridgehead atoms. The summed E-state index contributed by atoms with van der Waals surface area (Å²) in [5.41, 5.74) is 6.51. The number of hydrogen-bond acceptors (Lipinski definition) is 5.